The number of hydrogen-bond donors (Lipinski definition) is 1. The van der Waals surface area contributed by atoms with Crippen LogP contribution in [-0.4, -0.2) is 18.5 Å². The van der Waals surface area contributed by atoms with Crippen LogP contribution in [0.15, 0.2) is 10.1 Å². The zero-order chi connectivity index (χ0) is 9.94. The van der Waals surface area contributed by atoms with Crippen LogP contribution in [0.25, 0.3) is 0 Å². The third-order valence-corrected chi connectivity index (χ3v) is 1.80. The van der Waals surface area contributed by atoms with Crippen molar-refractivity contribution in [3.8, 4) is 0 Å². The summed E-state index contributed by atoms with van der Waals surface area (Å²) in [6, 6.07) is 0. The minimum absolute atomic E-state index is 0.899. The third kappa shape index (κ3) is 7.50. The Bertz CT molecular complexity index is 162. The molecule has 0 radical (unpaired) electrons. The molecule has 0 spiro atoms. The van der Waals surface area contributed by atoms with Gasteiger partial charge in [-0.2, -0.15) is 5.10 Å². The Morgan fingerprint density at radius 1 is 1.23 bits per heavy atom. The van der Waals surface area contributed by atoms with Crippen LogP contribution in [0.1, 0.15) is 46.0 Å². The third-order valence-electron chi connectivity index (χ3n) is 1.80. The molecule has 0 saturated carbocycles. The van der Waals surface area contributed by atoms with Gasteiger partial charge in [0, 0.05) is 12.8 Å². The van der Waals surface area contributed by atoms with Crippen molar-refractivity contribution in [1.82, 2.24) is 0 Å². The number of nitrogens with two attached hydrogens (primary N) is 1. The van der Waals surface area contributed by atoms with Crippen LogP contribution >= 0.6 is 0 Å². The lowest BCUT2D eigenvalue weighted by atomic mass is 10.2. The first-order valence-electron chi connectivity index (χ1n) is 5.11. The second-order valence-electron chi connectivity index (χ2n) is 3.11. The summed E-state index contributed by atoms with van der Waals surface area (Å²) in [5, 5.41) is 3.66. The maximum Gasteiger partial charge on any atom is 0.0778 e. The van der Waals surface area contributed by atoms with E-state index >= 15 is 0 Å². The van der Waals surface area contributed by atoms with Gasteiger partial charge < -0.3 is 5.84 Å². The fourth-order valence-electron chi connectivity index (χ4n) is 1.04. The highest BCUT2D eigenvalue weighted by Crippen LogP contribution is 1.94. The summed E-state index contributed by atoms with van der Waals surface area (Å²) in [7, 11) is 0. The predicted molar refractivity (Wildman–Crippen MR) is 59.4 cm³/mol. The van der Waals surface area contributed by atoms with Crippen molar-refractivity contribution < 1.29 is 0 Å². The lowest BCUT2D eigenvalue weighted by Crippen LogP contribution is -2.03. The van der Waals surface area contributed by atoms with E-state index in [4.69, 9.17) is 5.84 Å². The van der Waals surface area contributed by atoms with Crippen molar-refractivity contribution in [2.75, 3.05) is 6.54 Å². The molecule has 2 N–H and O–H groups in total. The molecule has 3 heteroatoms. The van der Waals surface area contributed by atoms with Crippen LogP contribution in [0, 0.1) is 0 Å². The molecule has 0 saturated heterocycles. The van der Waals surface area contributed by atoms with E-state index in [1.54, 1.807) is 6.21 Å². The molecule has 76 valence electrons. The summed E-state index contributed by atoms with van der Waals surface area (Å²) in [5.74, 6) is 5.20. The van der Waals surface area contributed by atoms with E-state index in [0.29, 0.717) is 0 Å². The molecule has 0 amide bonds. The van der Waals surface area contributed by atoms with Gasteiger partial charge in [-0.3, -0.25) is 4.99 Å². The predicted octanol–water partition coefficient (Wildman–Crippen LogP) is 2.36. The van der Waals surface area contributed by atoms with Gasteiger partial charge in [0.25, 0.3) is 0 Å². The lowest BCUT2D eigenvalue weighted by molar-refractivity contribution is 0.729. The molecule has 0 aliphatic heterocycles. The Labute approximate surface area is 81.1 Å². The minimum Gasteiger partial charge on any atom is -0.323 e. The lowest BCUT2D eigenvalue weighted by Gasteiger charge is -1.95. The van der Waals surface area contributed by atoms with Gasteiger partial charge in [0.2, 0.25) is 0 Å². The van der Waals surface area contributed by atoms with Crippen LogP contribution in [-0.2, 0) is 0 Å². The molecule has 13 heavy (non-hydrogen) atoms. The van der Waals surface area contributed by atoms with Gasteiger partial charge in [-0.05, 0) is 12.8 Å². The average molecular weight is 183 g/mol. The Hall–Kier alpha value is -0.860. The largest absolute Gasteiger partial charge is 0.323 e. The van der Waals surface area contributed by atoms with Gasteiger partial charge in [0.15, 0.2) is 0 Å². The monoisotopic (exact) mass is 183 g/mol. The van der Waals surface area contributed by atoms with Gasteiger partial charge in [0.1, 0.15) is 0 Å². The Morgan fingerprint density at radius 3 is 2.54 bits per heavy atom. The van der Waals surface area contributed by atoms with Crippen molar-refractivity contribution in [2.24, 2.45) is 15.9 Å². The summed E-state index contributed by atoms with van der Waals surface area (Å²) >= 11 is 0. The first kappa shape index (κ1) is 12.1. The maximum atomic E-state index is 5.20. The number of aliphatic imine (C=N–C) groups is 1. The Kier molecular flexibility index (Phi) is 8.62. The van der Waals surface area contributed by atoms with E-state index in [-0.39, 0.29) is 0 Å². The molecule has 0 aliphatic rings. The molecule has 0 fully saturated rings. The molecule has 3 nitrogen and oxygen atoms in total. The molecular weight excluding hydrogens is 162 g/mol. The summed E-state index contributed by atoms with van der Waals surface area (Å²) in [4.78, 5) is 4.26. The molecule has 0 aromatic carbocycles. The highest BCUT2D eigenvalue weighted by atomic mass is 15.1. The quantitative estimate of drug-likeness (QED) is 0.280. The number of hydrogen-bond acceptors (Lipinski definition) is 3. The van der Waals surface area contributed by atoms with Gasteiger partial charge in [0.05, 0.1) is 5.71 Å². The number of unbranched alkanes of at least 4 members (excludes halogenated alkanes) is 2. The first-order chi connectivity index (χ1) is 6.35. The van der Waals surface area contributed by atoms with E-state index in [1.807, 2.05) is 0 Å². The summed E-state index contributed by atoms with van der Waals surface area (Å²) in [5.41, 5.74) is 0.902. The van der Waals surface area contributed by atoms with Gasteiger partial charge in [-0.15, -0.1) is 0 Å². The van der Waals surface area contributed by atoms with E-state index in [0.717, 1.165) is 31.5 Å². The van der Waals surface area contributed by atoms with E-state index in [9.17, 15) is 0 Å². The first-order valence-corrected chi connectivity index (χ1v) is 5.11. The SMILES string of the molecule is CCCCCN=CC(CCC)=NN. The summed E-state index contributed by atoms with van der Waals surface area (Å²) in [6.07, 6.45) is 7.45. The molecule has 0 aromatic heterocycles. The summed E-state index contributed by atoms with van der Waals surface area (Å²) in [6.45, 7) is 5.19. The fourth-order valence-corrected chi connectivity index (χ4v) is 1.04. The second-order valence-corrected chi connectivity index (χ2v) is 3.11. The van der Waals surface area contributed by atoms with Gasteiger partial charge in [-0.1, -0.05) is 33.1 Å². The van der Waals surface area contributed by atoms with Crippen molar-refractivity contribution in [2.45, 2.75) is 46.0 Å². The van der Waals surface area contributed by atoms with E-state index in [2.05, 4.69) is 23.9 Å². The van der Waals surface area contributed by atoms with E-state index in [1.165, 1.54) is 12.8 Å². The molecule has 0 aromatic rings. The van der Waals surface area contributed by atoms with Crippen molar-refractivity contribution in [1.29, 1.82) is 0 Å². The van der Waals surface area contributed by atoms with Crippen LogP contribution in [0.3, 0.4) is 0 Å². The average Bonchev–Trinajstić information content (AvgIpc) is 2.16. The molecule has 0 aliphatic carbocycles. The van der Waals surface area contributed by atoms with Gasteiger partial charge in [-0.25, -0.2) is 0 Å². The molecule has 0 unspecified atom stereocenters. The molecular formula is C10H21N3. The number of rotatable bonds is 7. The Morgan fingerprint density at radius 2 is 2.00 bits per heavy atom. The molecule has 0 atom stereocenters. The van der Waals surface area contributed by atoms with Crippen molar-refractivity contribution in [3.63, 3.8) is 0 Å². The normalized spacial score (nSPS) is 12.6. The minimum atomic E-state index is 0.899. The van der Waals surface area contributed by atoms with Crippen LogP contribution < -0.4 is 5.84 Å². The highest BCUT2D eigenvalue weighted by molar-refractivity contribution is 6.30. The zero-order valence-electron chi connectivity index (χ0n) is 8.79. The number of nitrogens with zero attached hydrogens (tertiary/aromatic N) is 2. The van der Waals surface area contributed by atoms with Crippen LogP contribution in [0.4, 0.5) is 0 Å². The topological polar surface area (TPSA) is 50.7 Å². The van der Waals surface area contributed by atoms with E-state index < -0.39 is 0 Å². The maximum absolute atomic E-state index is 5.20. The summed E-state index contributed by atoms with van der Waals surface area (Å²) < 4.78 is 0. The molecule has 0 rings (SSSR count). The second kappa shape index (κ2) is 9.23. The van der Waals surface area contributed by atoms with Crippen molar-refractivity contribution >= 4 is 11.9 Å². The van der Waals surface area contributed by atoms with Crippen LogP contribution in [0.5, 0.6) is 0 Å². The highest BCUT2D eigenvalue weighted by Gasteiger charge is 1.91. The smallest absolute Gasteiger partial charge is 0.0778 e. The van der Waals surface area contributed by atoms with Crippen molar-refractivity contribution in [3.05, 3.63) is 0 Å². The molecule has 0 heterocycles. The number of hydrazone groups is 1. The zero-order valence-corrected chi connectivity index (χ0v) is 8.79. The molecule has 0 bridgehead atoms. The van der Waals surface area contributed by atoms with Crippen LogP contribution in [0.2, 0.25) is 0 Å². The standard InChI is InChI=1S/C10H21N3/c1-3-5-6-8-12-9-10(13-11)7-4-2/h9H,3-8,11H2,1-2H3. The fraction of sp³-hybridized carbons (Fsp3) is 0.800. The Balaban J connectivity index is 3.56. The van der Waals surface area contributed by atoms with Gasteiger partial charge >= 0.3 is 0 Å².